The van der Waals surface area contributed by atoms with Gasteiger partial charge in [0.2, 0.25) is 5.91 Å². The lowest BCUT2D eigenvalue weighted by atomic mass is 9.73. The Morgan fingerprint density at radius 3 is 3.07 bits per heavy atom. The molecule has 0 radical (unpaired) electrons. The van der Waals surface area contributed by atoms with E-state index in [2.05, 4.69) is 17.1 Å². The van der Waals surface area contributed by atoms with Gasteiger partial charge in [-0.3, -0.25) is 9.59 Å². The fourth-order valence-electron chi connectivity index (χ4n) is 4.96. The fraction of sp³-hybridized carbons (Fsp3) is 0.700. The van der Waals surface area contributed by atoms with E-state index in [9.17, 15) is 9.59 Å². The minimum Gasteiger partial charge on any atom is -0.369 e. The molecule has 7 heteroatoms. The summed E-state index contributed by atoms with van der Waals surface area (Å²) in [4.78, 5) is 29.9. The van der Waals surface area contributed by atoms with Crippen LogP contribution < -0.4 is 5.32 Å². The molecule has 1 spiro atoms. The summed E-state index contributed by atoms with van der Waals surface area (Å²) in [5.74, 6) is 0.870. The Kier molecular flexibility index (Phi) is 5.27. The lowest BCUT2D eigenvalue weighted by Gasteiger charge is -2.29. The summed E-state index contributed by atoms with van der Waals surface area (Å²) in [5.41, 5.74) is -0.171. The average molecular weight is 392 g/mol. The maximum atomic E-state index is 12.7. The van der Waals surface area contributed by atoms with E-state index in [-0.39, 0.29) is 23.5 Å². The van der Waals surface area contributed by atoms with E-state index in [1.165, 1.54) is 11.3 Å². The van der Waals surface area contributed by atoms with Crippen molar-refractivity contribution in [3.8, 4) is 0 Å². The number of amides is 2. The number of hydrogen-bond donors (Lipinski definition) is 1. The molecule has 4 atom stereocenters. The van der Waals surface area contributed by atoms with Crippen LogP contribution in [0.2, 0.25) is 0 Å². The lowest BCUT2D eigenvalue weighted by Crippen LogP contribution is -2.41. The Morgan fingerprint density at radius 1 is 1.48 bits per heavy atom. The summed E-state index contributed by atoms with van der Waals surface area (Å²) in [6, 6.07) is 3.74. The maximum absolute atomic E-state index is 12.7. The number of rotatable bonds is 7. The molecule has 4 rings (SSSR count). The topological polar surface area (TPSA) is 61.9 Å². The van der Waals surface area contributed by atoms with Gasteiger partial charge in [0.25, 0.3) is 5.91 Å². The number of thiophene rings is 1. The van der Waals surface area contributed by atoms with Crippen molar-refractivity contribution in [3.05, 3.63) is 22.4 Å². The SMILES string of the molecule is CCN(C)CCC(=O)N1C[C@@H]2[C@H](CNC(=O)c3cccs3)[C@H]3CC[C@]2(C1)O3. The third kappa shape index (κ3) is 3.52. The standard InChI is InChI=1S/C20H29N3O3S/c1-3-22(2)9-7-18(24)23-12-15-14(16-6-8-20(15,13-23)26-16)11-21-19(25)17-5-4-10-27-17/h4-5,10,14-16H,3,6-9,11-13H2,1-2H3,(H,21,25)/t14-,15+,16+,20+/m0/s1. The molecule has 27 heavy (non-hydrogen) atoms. The fourth-order valence-corrected chi connectivity index (χ4v) is 5.60. The van der Waals surface area contributed by atoms with Crippen molar-refractivity contribution in [2.24, 2.45) is 11.8 Å². The van der Waals surface area contributed by atoms with Crippen LogP contribution in [0.5, 0.6) is 0 Å². The van der Waals surface area contributed by atoms with Gasteiger partial charge < -0.3 is 19.9 Å². The van der Waals surface area contributed by atoms with E-state index in [1.807, 2.05) is 29.5 Å². The van der Waals surface area contributed by atoms with E-state index >= 15 is 0 Å². The number of fused-ring (bicyclic) bond motifs is 1. The Hall–Kier alpha value is -1.44. The van der Waals surface area contributed by atoms with Crippen LogP contribution in [0.25, 0.3) is 0 Å². The van der Waals surface area contributed by atoms with Gasteiger partial charge in [-0.1, -0.05) is 13.0 Å². The molecule has 0 aromatic carbocycles. The molecule has 148 valence electrons. The van der Waals surface area contributed by atoms with Gasteiger partial charge in [0.1, 0.15) is 0 Å². The number of nitrogens with zero attached hydrogens (tertiary/aromatic N) is 2. The van der Waals surface area contributed by atoms with Crippen LogP contribution in [0.4, 0.5) is 0 Å². The summed E-state index contributed by atoms with van der Waals surface area (Å²) < 4.78 is 6.39. The third-order valence-corrected chi connectivity index (χ3v) is 7.50. The van der Waals surface area contributed by atoms with E-state index < -0.39 is 0 Å². The molecular formula is C20H29N3O3S. The molecule has 1 N–H and O–H groups in total. The predicted molar refractivity (Wildman–Crippen MR) is 105 cm³/mol. The van der Waals surface area contributed by atoms with E-state index in [0.29, 0.717) is 24.8 Å². The molecule has 3 fully saturated rings. The maximum Gasteiger partial charge on any atom is 0.261 e. The van der Waals surface area contributed by atoms with E-state index in [0.717, 1.165) is 43.9 Å². The summed E-state index contributed by atoms with van der Waals surface area (Å²) in [6.07, 6.45) is 2.87. The van der Waals surface area contributed by atoms with Crippen LogP contribution in [-0.4, -0.2) is 73.1 Å². The number of carbonyl (C=O) groups excluding carboxylic acids is 2. The second kappa shape index (κ2) is 7.53. The largest absolute Gasteiger partial charge is 0.369 e. The number of ether oxygens (including phenoxy) is 1. The van der Waals surface area contributed by atoms with Gasteiger partial charge in [-0.25, -0.2) is 0 Å². The van der Waals surface area contributed by atoms with Crippen LogP contribution in [0.3, 0.4) is 0 Å². The summed E-state index contributed by atoms with van der Waals surface area (Å²) >= 11 is 1.46. The average Bonchev–Trinajstić information content (AvgIpc) is 3.44. The molecule has 2 bridgehead atoms. The number of carbonyl (C=O) groups is 2. The lowest BCUT2D eigenvalue weighted by molar-refractivity contribution is -0.132. The molecule has 0 unspecified atom stereocenters. The van der Waals surface area contributed by atoms with Crippen molar-refractivity contribution in [2.75, 3.05) is 39.8 Å². The highest BCUT2D eigenvalue weighted by Crippen LogP contribution is 2.54. The van der Waals surface area contributed by atoms with Crippen LogP contribution >= 0.6 is 11.3 Å². The van der Waals surface area contributed by atoms with Crippen molar-refractivity contribution in [1.29, 1.82) is 0 Å². The molecule has 0 aliphatic carbocycles. The normalized spacial score (nSPS) is 31.5. The summed E-state index contributed by atoms with van der Waals surface area (Å²) in [6.45, 7) is 5.98. The van der Waals surface area contributed by atoms with Gasteiger partial charge in [0.05, 0.1) is 23.1 Å². The summed E-state index contributed by atoms with van der Waals surface area (Å²) in [7, 11) is 2.04. The first-order valence-corrected chi connectivity index (χ1v) is 10.9. The van der Waals surface area contributed by atoms with Crippen molar-refractivity contribution < 1.29 is 14.3 Å². The Bertz CT molecular complexity index is 695. The zero-order valence-electron chi connectivity index (χ0n) is 16.1. The molecule has 3 aliphatic heterocycles. The zero-order chi connectivity index (χ0) is 19.0. The Balaban J connectivity index is 1.36. The number of hydrogen-bond acceptors (Lipinski definition) is 5. The molecule has 1 aromatic rings. The highest BCUT2D eigenvalue weighted by Gasteiger charge is 2.63. The molecule has 3 aliphatic rings. The minimum atomic E-state index is -0.171. The number of nitrogens with one attached hydrogen (secondary N) is 1. The zero-order valence-corrected chi connectivity index (χ0v) is 17.0. The first kappa shape index (κ1) is 18.9. The number of likely N-dealkylation sites (tertiary alicyclic amines) is 1. The molecule has 2 amide bonds. The van der Waals surface area contributed by atoms with Crippen LogP contribution in [0.1, 0.15) is 35.9 Å². The first-order valence-electron chi connectivity index (χ1n) is 9.98. The predicted octanol–water partition coefficient (Wildman–Crippen LogP) is 1.83. The molecule has 3 saturated heterocycles. The van der Waals surface area contributed by atoms with Crippen molar-refractivity contribution >= 4 is 23.2 Å². The quantitative estimate of drug-likeness (QED) is 0.770. The molecular weight excluding hydrogens is 362 g/mol. The van der Waals surface area contributed by atoms with Crippen molar-refractivity contribution in [1.82, 2.24) is 15.1 Å². The summed E-state index contributed by atoms with van der Waals surface area (Å²) in [5, 5.41) is 5.01. The highest BCUT2D eigenvalue weighted by molar-refractivity contribution is 7.12. The van der Waals surface area contributed by atoms with Gasteiger partial charge in [-0.05, 0) is 37.9 Å². The third-order valence-electron chi connectivity index (χ3n) is 6.63. The molecule has 0 saturated carbocycles. The van der Waals surface area contributed by atoms with E-state index in [4.69, 9.17) is 4.74 Å². The van der Waals surface area contributed by atoms with Gasteiger partial charge in [0, 0.05) is 37.9 Å². The van der Waals surface area contributed by atoms with Crippen molar-refractivity contribution in [2.45, 2.75) is 37.9 Å². The van der Waals surface area contributed by atoms with Crippen LogP contribution in [-0.2, 0) is 9.53 Å². The highest BCUT2D eigenvalue weighted by atomic mass is 32.1. The molecule has 6 nitrogen and oxygen atoms in total. The van der Waals surface area contributed by atoms with Crippen LogP contribution in [0, 0.1) is 11.8 Å². The minimum absolute atomic E-state index is 0.00430. The van der Waals surface area contributed by atoms with Crippen LogP contribution in [0.15, 0.2) is 17.5 Å². The monoisotopic (exact) mass is 391 g/mol. The first-order chi connectivity index (χ1) is 13.0. The Labute approximate surface area is 164 Å². The van der Waals surface area contributed by atoms with Gasteiger partial charge in [-0.2, -0.15) is 0 Å². The Morgan fingerprint density at radius 2 is 2.33 bits per heavy atom. The second-order valence-corrected chi connectivity index (χ2v) is 9.09. The molecule has 1 aromatic heterocycles. The van der Waals surface area contributed by atoms with Gasteiger partial charge in [-0.15, -0.1) is 11.3 Å². The smallest absolute Gasteiger partial charge is 0.261 e. The van der Waals surface area contributed by atoms with Crippen molar-refractivity contribution in [3.63, 3.8) is 0 Å². The van der Waals surface area contributed by atoms with E-state index in [1.54, 1.807) is 0 Å². The van der Waals surface area contributed by atoms with Gasteiger partial charge >= 0.3 is 0 Å². The molecule has 4 heterocycles. The second-order valence-electron chi connectivity index (χ2n) is 8.14. The van der Waals surface area contributed by atoms with Gasteiger partial charge in [0.15, 0.2) is 0 Å².